The van der Waals surface area contributed by atoms with Crippen LogP contribution in [0.2, 0.25) is 0 Å². The molecule has 0 aliphatic heterocycles. The summed E-state index contributed by atoms with van der Waals surface area (Å²) in [6.45, 7) is 4.88. The summed E-state index contributed by atoms with van der Waals surface area (Å²) in [6.07, 6.45) is 5.65. The molecule has 0 spiro atoms. The number of nitrogens with two attached hydrogens (primary N) is 1. The summed E-state index contributed by atoms with van der Waals surface area (Å²) in [4.78, 5) is 12.1. The lowest BCUT2D eigenvalue weighted by molar-refractivity contribution is 0.0937. The van der Waals surface area contributed by atoms with Crippen LogP contribution >= 0.6 is 0 Å². The number of hydrogen-bond acceptors (Lipinski definition) is 2. The molecule has 0 saturated heterocycles. The Morgan fingerprint density at radius 2 is 1.80 bits per heavy atom. The van der Waals surface area contributed by atoms with Gasteiger partial charge in [0.15, 0.2) is 0 Å². The number of rotatable bonds is 4. The first-order valence-corrected chi connectivity index (χ1v) is 7.67. The molecule has 0 atom stereocenters. The molecule has 0 bridgehead atoms. The van der Waals surface area contributed by atoms with Gasteiger partial charge in [0.1, 0.15) is 0 Å². The van der Waals surface area contributed by atoms with Gasteiger partial charge in [0.2, 0.25) is 0 Å². The first-order valence-electron chi connectivity index (χ1n) is 7.67. The van der Waals surface area contributed by atoms with Crippen LogP contribution < -0.4 is 11.1 Å². The van der Waals surface area contributed by atoms with Gasteiger partial charge in [-0.2, -0.15) is 0 Å². The molecule has 3 heteroatoms. The van der Waals surface area contributed by atoms with Crippen molar-refractivity contribution in [3.8, 4) is 0 Å². The lowest BCUT2D eigenvalue weighted by Gasteiger charge is -2.33. The molecule has 2 rings (SSSR count). The Labute approximate surface area is 121 Å². The number of benzene rings is 1. The fourth-order valence-electron chi connectivity index (χ4n) is 2.81. The zero-order valence-corrected chi connectivity index (χ0v) is 12.6. The van der Waals surface area contributed by atoms with E-state index in [4.69, 9.17) is 5.73 Å². The van der Waals surface area contributed by atoms with Gasteiger partial charge in [-0.3, -0.25) is 4.79 Å². The van der Waals surface area contributed by atoms with Crippen LogP contribution in [-0.2, 0) is 0 Å². The monoisotopic (exact) mass is 274 g/mol. The third-order valence-electron chi connectivity index (χ3n) is 4.29. The summed E-state index contributed by atoms with van der Waals surface area (Å²) in [5.74, 6) is 0.470. The fraction of sp³-hybridized carbons (Fsp3) is 0.588. The molecule has 0 aromatic heterocycles. The highest BCUT2D eigenvalue weighted by molar-refractivity contribution is 5.94. The van der Waals surface area contributed by atoms with Crippen molar-refractivity contribution in [2.45, 2.75) is 57.4 Å². The molecule has 0 radical (unpaired) electrons. The maximum Gasteiger partial charge on any atom is 0.251 e. The SMILES string of the molecule is CC(C)c1ccc(C(=O)NCC2(N)CCCCC2)cc1. The van der Waals surface area contributed by atoms with E-state index in [-0.39, 0.29) is 11.4 Å². The second-order valence-corrected chi connectivity index (χ2v) is 6.38. The van der Waals surface area contributed by atoms with E-state index in [1.807, 2.05) is 24.3 Å². The molecule has 1 aliphatic carbocycles. The maximum atomic E-state index is 12.1. The van der Waals surface area contributed by atoms with Gasteiger partial charge in [-0.25, -0.2) is 0 Å². The fourth-order valence-corrected chi connectivity index (χ4v) is 2.81. The quantitative estimate of drug-likeness (QED) is 0.886. The molecule has 0 heterocycles. The second-order valence-electron chi connectivity index (χ2n) is 6.38. The van der Waals surface area contributed by atoms with Gasteiger partial charge >= 0.3 is 0 Å². The minimum absolute atomic E-state index is 0.0179. The highest BCUT2D eigenvalue weighted by Crippen LogP contribution is 2.25. The highest BCUT2D eigenvalue weighted by atomic mass is 16.1. The smallest absolute Gasteiger partial charge is 0.251 e. The van der Waals surface area contributed by atoms with E-state index in [9.17, 15) is 4.79 Å². The van der Waals surface area contributed by atoms with Gasteiger partial charge in [0, 0.05) is 17.6 Å². The topological polar surface area (TPSA) is 55.1 Å². The largest absolute Gasteiger partial charge is 0.350 e. The van der Waals surface area contributed by atoms with Crippen molar-refractivity contribution in [1.29, 1.82) is 0 Å². The van der Waals surface area contributed by atoms with E-state index in [1.54, 1.807) is 0 Å². The van der Waals surface area contributed by atoms with Gasteiger partial charge in [-0.15, -0.1) is 0 Å². The van der Waals surface area contributed by atoms with E-state index in [2.05, 4.69) is 19.2 Å². The van der Waals surface area contributed by atoms with Gasteiger partial charge in [0.05, 0.1) is 0 Å². The molecule has 1 aliphatic rings. The number of nitrogens with one attached hydrogen (secondary N) is 1. The Morgan fingerprint density at radius 3 is 2.35 bits per heavy atom. The van der Waals surface area contributed by atoms with Crippen LogP contribution in [0.3, 0.4) is 0 Å². The van der Waals surface area contributed by atoms with E-state index in [1.165, 1.54) is 24.8 Å². The lowest BCUT2D eigenvalue weighted by Crippen LogP contribution is -2.51. The second kappa shape index (κ2) is 6.40. The molecule has 1 aromatic carbocycles. The zero-order chi connectivity index (χ0) is 14.6. The van der Waals surface area contributed by atoms with Crippen molar-refractivity contribution >= 4 is 5.91 Å². The third-order valence-corrected chi connectivity index (χ3v) is 4.29. The van der Waals surface area contributed by atoms with Gasteiger partial charge in [0.25, 0.3) is 5.91 Å². The summed E-state index contributed by atoms with van der Waals surface area (Å²) in [5.41, 5.74) is 8.10. The van der Waals surface area contributed by atoms with Crippen LogP contribution in [0.1, 0.15) is 67.8 Å². The van der Waals surface area contributed by atoms with Crippen LogP contribution in [0.5, 0.6) is 0 Å². The summed E-state index contributed by atoms with van der Waals surface area (Å²) in [7, 11) is 0. The van der Waals surface area contributed by atoms with Crippen molar-refractivity contribution in [2.75, 3.05) is 6.54 Å². The minimum Gasteiger partial charge on any atom is -0.350 e. The van der Waals surface area contributed by atoms with Crippen molar-refractivity contribution < 1.29 is 4.79 Å². The molecule has 1 fully saturated rings. The zero-order valence-electron chi connectivity index (χ0n) is 12.6. The first-order chi connectivity index (χ1) is 9.50. The molecule has 1 saturated carbocycles. The van der Waals surface area contributed by atoms with Gasteiger partial charge in [-0.05, 0) is 36.5 Å². The number of amides is 1. The minimum atomic E-state index is -0.203. The Morgan fingerprint density at radius 1 is 1.20 bits per heavy atom. The maximum absolute atomic E-state index is 12.1. The predicted molar refractivity (Wildman–Crippen MR) is 82.9 cm³/mol. The normalized spacial score (nSPS) is 18.0. The molecule has 20 heavy (non-hydrogen) atoms. The number of carbonyl (C=O) groups is 1. The Hall–Kier alpha value is -1.35. The number of carbonyl (C=O) groups excluding carboxylic acids is 1. The van der Waals surface area contributed by atoms with E-state index in [0.717, 1.165) is 12.8 Å². The molecule has 1 amide bonds. The van der Waals surface area contributed by atoms with Crippen molar-refractivity contribution in [1.82, 2.24) is 5.32 Å². The van der Waals surface area contributed by atoms with Crippen LogP contribution in [0.4, 0.5) is 0 Å². The highest BCUT2D eigenvalue weighted by Gasteiger charge is 2.27. The van der Waals surface area contributed by atoms with Crippen molar-refractivity contribution in [3.63, 3.8) is 0 Å². The molecule has 3 N–H and O–H groups in total. The molecule has 0 unspecified atom stereocenters. The molecular formula is C17H26N2O. The summed E-state index contributed by atoms with van der Waals surface area (Å²) in [6, 6.07) is 7.85. The van der Waals surface area contributed by atoms with E-state index in [0.29, 0.717) is 18.0 Å². The molecule has 110 valence electrons. The van der Waals surface area contributed by atoms with Crippen LogP contribution in [0.25, 0.3) is 0 Å². The average Bonchev–Trinajstić information content (AvgIpc) is 2.46. The lowest BCUT2D eigenvalue weighted by atomic mass is 9.82. The Bertz CT molecular complexity index is 445. The van der Waals surface area contributed by atoms with Gasteiger partial charge in [-0.1, -0.05) is 45.2 Å². The van der Waals surface area contributed by atoms with Gasteiger partial charge < -0.3 is 11.1 Å². The number of hydrogen-bond donors (Lipinski definition) is 2. The standard InChI is InChI=1S/C17H26N2O/c1-13(2)14-6-8-15(9-7-14)16(20)19-12-17(18)10-4-3-5-11-17/h6-9,13H,3-5,10-12,18H2,1-2H3,(H,19,20). The summed E-state index contributed by atoms with van der Waals surface area (Å²) < 4.78 is 0. The molecular weight excluding hydrogens is 248 g/mol. The molecule has 1 aromatic rings. The Kier molecular flexibility index (Phi) is 4.81. The average molecular weight is 274 g/mol. The Balaban J connectivity index is 1.91. The van der Waals surface area contributed by atoms with Crippen LogP contribution in [0.15, 0.2) is 24.3 Å². The predicted octanol–water partition coefficient (Wildman–Crippen LogP) is 3.20. The summed E-state index contributed by atoms with van der Waals surface area (Å²) >= 11 is 0. The van der Waals surface area contributed by atoms with Crippen molar-refractivity contribution in [3.05, 3.63) is 35.4 Å². The van der Waals surface area contributed by atoms with Crippen LogP contribution in [-0.4, -0.2) is 18.0 Å². The first kappa shape index (κ1) is 15.0. The van der Waals surface area contributed by atoms with E-state index >= 15 is 0 Å². The third kappa shape index (κ3) is 3.83. The van der Waals surface area contributed by atoms with Crippen LogP contribution in [0, 0.1) is 0 Å². The van der Waals surface area contributed by atoms with E-state index < -0.39 is 0 Å². The van der Waals surface area contributed by atoms with Crippen molar-refractivity contribution in [2.24, 2.45) is 5.73 Å². The summed E-state index contributed by atoms with van der Waals surface area (Å²) in [5, 5.41) is 2.99. The molecule has 3 nitrogen and oxygen atoms in total.